The van der Waals surface area contributed by atoms with E-state index in [0.717, 1.165) is 43.6 Å². The highest BCUT2D eigenvalue weighted by atomic mass is 35.5. The maximum atomic E-state index is 15.7. The van der Waals surface area contributed by atoms with Crippen LogP contribution < -0.4 is 4.74 Å². The van der Waals surface area contributed by atoms with Gasteiger partial charge in [-0.1, -0.05) is 37.0 Å². The molecule has 1 N–H and O–H groups in total. The Morgan fingerprint density at radius 1 is 1.17 bits per heavy atom. The molecule has 3 heterocycles. The molecule has 194 valence electrons. The van der Waals surface area contributed by atoms with Gasteiger partial charge in [-0.25, -0.2) is 9.18 Å². The molecule has 0 saturated carbocycles. The highest BCUT2D eigenvalue weighted by Crippen LogP contribution is 2.52. The summed E-state index contributed by atoms with van der Waals surface area (Å²) in [5.74, 6) is 0.320. The van der Waals surface area contributed by atoms with Crippen molar-refractivity contribution in [3.63, 3.8) is 0 Å². The summed E-state index contributed by atoms with van der Waals surface area (Å²) >= 11 is 12.9. The molecule has 8 heteroatoms. The minimum Gasteiger partial charge on any atom is -0.488 e. The van der Waals surface area contributed by atoms with E-state index in [1.807, 2.05) is 19.9 Å². The molecule has 0 spiro atoms. The smallest absolute Gasteiger partial charge is 0.408 e. The van der Waals surface area contributed by atoms with Crippen LogP contribution in [0, 0.1) is 17.2 Å². The summed E-state index contributed by atoms with van der Waals surface area (Å²) in [5, 5.41) is 11.0. The summed E-state index contributed by atoms with van der Waals surface area (Å²) < 4.78 is 21.4. The van der Waals surface area contributed by atoms with Crippen LogP contribution in [-0.2, 0) is 6.42 Å². The lowest BCUT2D eigenvalue weighted by Gasteiger charge is -2.51. The molecule has 4 aliphatic rings. The molecule has 3 aliphatic heterocycles. The van der Waals surface area contributed by atoms with Gasteiger partial charge >= 0.3 is 6.09 Å². The molecule has 2 aromatic carbocycles. The van der Waals surface area contributed by atoms with Crippen molar-refractivity contribution in [2.24, 2.45) is 11.3 Å². The normalized spacial score (nSPS) is 26.2. The van der Waals surface area contributed by atoms with Gasteiger partial charge in [0.2, 0.25) is 0 Å². The summed E-state index contributed by atoms with van der Waals surface area (Å²) in [6.45, 7) is 10.7. The maximum absolute atomic E-state index is 15.7. The molecule has 6 rings (SSSR count). The number of fused-ring (bicyclic) bond motifs is 4. The minimum absolute atomic E-state index is 0.0749. The van der Waals surface area contributed by atoms with Crippen molar-refractivity contribution in [3.8, 4) is 16.9 Å². The van der Waals surface area contributed by atoms with Gasteiger partial charge in [0.15, 0.2) is 5.75 Å². The minimum atomic E-state index is -0.927. The quantitative estimate of drug-likeness (QED) is 0.437. The second-order valence-electron chi connectivity index (χ2n) is 11.4. The third-order valence-corrected chi connectivity index (χ3v) is 8.61. The number of piperidine rings is 3. The maximum Gasteiger partial charge on any atom is 0.408 e. The molecule has 3 saturated heterocycles. The van der Waals surface area contributed by atoms with E-state index in [2.05, 4.69) is 18.7 Å². The van der Waals surface area contributed by atoms with Crippen molar-refractivity contribution in [2.75, 3.05) is 19.6 Å². The molecule has 2 bridgehead atoms. The standard InChI is InChI=1S/C28H33Cl2FN2O3/c1-15(2)36-25-21(29)10-17(11-22(25)30)19-9-18-13-28(3,4)26(20(18)12-23(19)31)33(27(34)35)24-14-32-7-5-16(24)6-8-32/h9-12,15-16,24,26H,5-8,13-14H2,1-4H3,(H,34,35)/t24-,26+/m1/s1. The van der Waals surface area contributed by atoms with E-state index in [4.69, 9.17) is 27.9 Å². The lowest BCUT2D eigenvalue weighted by Crippen LogP contribution is -2.60. The molecule has 2 aromatic rings. The van der Waals surface area contributed by atoms with E-state index in [9.17, 15) is 9.90 Å². The molecule has 0 unspecified atom stereocenters. The van der Waals surface area contributed by atoms with E-state index in [-0.39, 0.29) is 17.6 Å². The molecular weight excluding hydrogens is 502 g/mol. The lowest BCUT2D eigenvalue weighted by molar-refractivity contribution is -0.0267. The van der Waals surface area contributed by atoms with Crippen LogP contribution in [0.4, 0.5) is 9.18 Å². The van der Waals surface area contributed by atoms with Gasteiger partial charge in [0.05, 0.1) is 28.2 Å². The highest BCUT2D eigenvalue weighted by Gasteiger charge is 2.50. The fourth-order valence-corrected chi connectivity index (χ4v) is 7.13. The monoisotopic (exact) mass is 534 g/mol. The van der Waals surface area contributed by atoms with Crippen LogP contribution in [0.25, 0.3) is 11.1 Å². The van der Waals surface area contributed by atoms with Crippen molar-refractivity contribution in [1.29, 1.82) is 0 Å². The zero-order valence-electron chi connectivity index (χ0n) is 21.2. The summed E-state index contributed by atoms with van der Waals surface area (Å²) in [7, 11) is 0. The highest BCUT2D eigenvalue weighted by molar-refractivity contribution is 6.37. The van der Waals surface area contributed by atoms with Crippen molar-refractivity contribution < 1.29 is 19.0 Å². The van der Waals surface area contributed by atoms with Gasteiger partial charge < -0.3 is 14.7 Å². The Kier molecular flexibility index (Phi) is 6.67. The van der Waals surface area contributed by atoms with Crippen molar-refractivity contribution in [1.82, 2.24) is 9.80 Å². The number of benzene rings is 2. The third-order valence-electron chi connectivity index (χ3n) is 8.05. The second-order valence-corrected chi connectivity index (χ2v) is 12.2. The van der Waals surface area contributed by atoms with Gasteiger partial charge in [-0.2, -0.15) is 0 Å². The fraction of sp³-hybridized carbons (Fsp3) is 0.536. The van der Waals surface area contributed by atoms with Crippen LogP contribution >= 0.6 is 23.2 Å². The predicted molar refractivity (Wildman–Crippen MR) is 141 cm³/mol. The van der Waals surface area contributed by atoms with E-state index in [0.29, 0.717) is 39.3 Å². The van der Waals surface area contributed by atoms with Gasteiger partial charge in [-0.3, -0.25) is 4.90 Å². The van der Waals surface area contributed by atoms with E-state index in [1.54, 1.807) is 17.0 Å². The molecular formula is C28H33Cl2FN2O3. The Balaban J connectivity index is 1.54. The summed E-state index contributed by atoms with van der Waals surface area (Å²) in [5.41, 5.74) is 2.31. The Labute approximate surface area is 222 Å². The summed E-state index contributed by atoms with van der Waals surface area (Å²) in [6.07, 6.45) is 1.65. The summed E-state index contributed by atoms with van der Waals surface area (Å²) in [4.78, 5) is 16.7. The predicted octanol–water partition coefficient (Wildman–Crippen LogP) is 7.28. The Bertz CT molecular complexity index is 1170. The SMILES string of the molecule is CC(C)Oc1c(Cl)cc(-c2cc3c(cc2F)[C@H](N(C(=O)O)[C@@H]2CN4CCC2CC4)C(C)(C)C3)cc1Cl. The zero-order chi connectivity index (χ0) is 25.9. The number of carboxylic acid groups (broad SMARTS) is 1. The summed E-state index contributed by atoms with van der Waals surface area (Å²) in [6, 6.07) is 6.23. The van der Waals surface area contributed by atoms with Crippen molar-refractivity contribution in [3.05, 3.63) is 51.3 Å². The molecule has 5 nitrogen and oxygen atoms in total. The average Bonchev–Trinajstić information content (AvgIpc) is 3.05. The Morgan fingerprint density at radius 3 is 2.33 bits per heavy atom. The number of hydrogen-bond acceptors (Lipinski definition) is 3. The molecule has 0 radical (unpaired) electrons. The number of nitrogens with zero attached hydrogens (tertiary/aromatic N) is 2. The first-order chi connectivity index (χ1) is 17.0. The van der Waals surface area contributed by atoms with Crippen LogP contribution in [0.15, 0.2) is 24.3 Å². The second kappa shape index (κ2) is 9.38. The topological polar surface area (TPSA) is 53.0 Å². The van der Waals surface area contributed by atoms with Crippen LogP contribution in [0.1, 0.15) is 57.7 Å². The third kappa shape index (κ3) is 4.46. The number of halogens is 3. The number of rotatable bonds is 5. The lowest BCUT2D eigenvalue weighted by atomic mass is 9.79. The molecule has 36 heavy (non-hydrogen) atoms. The number of carbonyl (C=O) groups is 1. The number of amides is 1. The van der Waals surface area contributed by atoms with Gasteiger partial charge in [-0.05, 0) is 98.5 Å². The van der Waals surface area contributed by atoms with Gasteiger partial charge in [0, 0.05) is 12.1 Å². The van der Waals surface area contributed by atoms with Gasteiger partial charge in [0.25, 0.3) is 0 Å². The fourth-order valence-electron chi connectivity index (χ4n) is 6.55. The molecule has 3 fully saturated rings. The van der Waals surface area contributed by atoms with E-state index in [1.165, 1.54) is 6.07 Å². The molecule has 1 amide bonds. The first kappa shape index (κ1) is 25.6. The van der Waals surface area contributed by atoms with Crippen LogP contribution in [0.2, 0.25) is 10.0 Å². The first-order valence-electron chi connectivity index (χ1n) is 12.7. The van der Waals surface area contributed by atoms with Crippen molar-refractivity contribution in [2.45, 2.75) is 65.1 Å². The van der Waals surface area contributed by atoms with Crippen LogP contribution in [0.3, 0.4) is 0 Å². The average molecular weight is 535 g/mol. The van der Waals surface area contributed by atoms with Crippen LogP contribution in [0.5, 0.6) is 5.75 Å². The van der Waals surface area contributed by atoms with Crippen molar-refractivity contribution >= 4 is 29.3 Å². The molecule has 0 aromatic heterocycles. The molecule has 2 atom stereocenters. The van der Waals surface area contributed by atoms with Gasteiger partial charge in [0.1, 0.15) is 5.82 Å². The number of ether oxygens (including phenoxy) is 1. The van der Waals surface area contributed by atoms with E-state index < -0.39 is 18.0 Å². The first-order valence-corrected chi connectivity index (χ1v) is 13.4. The zero-order valence-corrected chi connectivity index (χ0v) is 22.7. The largest absolute Gasteiger partial charge is 0.488 e. The Hall–Kier alpha value is -2.02. The van der Waals surface area contributed by atoms with Gasteiger partial charge in [-0.15, -0.1) is 0 Å². The van der Waals surface area contributed by atoms with Crippen LogP contribution in [-0.4, -0.2) is 52.8 Å². The van der Waals surface area contributed by atoms with E-state index >= 15 is 4.39 Å². The number of hydrogen-bond donors (Lipinski definition) is 1. The Morgan fingerprint density at radius 2 is 1.81 bits per heavy atom. The molecule has 1 aliphatic carbocycles.